The van der Waals surface area contributed by atoms with E-state index in [9.17, 15) is 14.4 Å². The number of ether oxygens (including phenoxy) is 2. The topological polar surface area (TPSA) is 69.7 Å². The lowest BCUT2D eigenvalue weighted by atomic mass is 9.69. The molecule has 0 radical (unpaired) electrons. The summed E-state index contributed by atoms with van der Waals surface area (Å²) in [5.74, 6) is -1.16. The van der Waals surface area contributed by atoms with E-state index in [-0.39, 0.29) is 29.7 Å². The molecule has 1 aliphatic heterocycles. The predicted molar refractivity (Wildman–Crippen MR) is 64.3 cm³/mol. The van der Waals surface area contributed by atoms with Gasteiger partial charge in [0, 0.05) is 50.4 Å². The average molecular weight is 266 g/mol. The van der Waals surface area contributed by atoms with Gasteiger partial charge in [0.2, 0.25) is 0 Å². The molecule has 3 rings (SSSR count). The average Bonchev–Trinajstić information content (AvgIpc) is 2.85. The fraction of sp³-hybridized carbons (Fsp3) is 0.786. The van der Waals surface area contributed by atoms with Gasteiger partial charge in [-0.2, -0.15) is 0 Å². The highest BCUT2D eigenvalue weighted by atomic mass is 16.7. The van der Waals surface area contributed by atoms with Crippen LogP contribution in [0.5, 0.6) is 0 Å². The normalized spacial score (nSPS) is 35.1. The van der Waals surface area contributed by atoms with Crippen molar-refractivity contribution in [3.63, 3.8) is 0 Å². The van der Waals surface area contributed by atoms with Crippen LogP contribution in [0, 0.1) is 11.8 Å². The number of hydrogen-bond donors (Lipinski definition) is 0. The van der Waals surface area contributed by atoms with Crippen molar-refractivity contribution < 1.29 is 23.9 Å². The first kappa shape index (κ1) is 12.9. The maximum Gasteiger partial charge on any atom is 0.172 e. The van der Waals surface area contributed by atoms with E-state index in [1.807, 2.05) is 0 Å². The van der Waals surface area contributed by atoms with Crippen LogP contribution in [0.1, 0.15) is 38.5 Å². The molecule has 3 aliphatic rings. The molecule has 0 N–H and O–H groups in total. The molecule has 5 nitrogen and oxygen atoms in total. The van der Waals surface area contributed by atoms with Gasteiger partial charge in [0.05, 0.1) is 13.2 Å². The summed E-state index contributed by atoms with van der Waals surface area (Å²) < 4.78 is 11.5. The number of hydrogen-bond acceptors (Lipinski definition) is 5. The molecule has 19 heavy (non-hydrogen) atoms. The lowest BCUT2D eigenvalue weighted by Gasteiger charge is -2.42. The smallest absolute Gasteiger partial charge is 0.172 e. The Morgan fingerprint density at radius 3 is 2.32 bits per heavy atom. The Bertz CT molecular complexity index is 422. The molecule has 3 fully saturated rings. The number of carbonyl (C=O) groups is 3. The molecule has 0 bridgehead atoms. The highest BCUT2D eigenvalue weighted by molar-refractivity contribution is 5.95. The van der Waals surface area contributed by atoms with Crippen molar-refractivity contribution in [2.45, 2.75) is 44.3 Å². The fourth-order valence-corrected chi connectivity index (χ4v) is 3.56. The zero-order valence-corrected chi connectivity index (χ0v) is 10.9. The van der Waals surface area contributed by atoms with Crippen molar-refractivity contribution in [3.8, 4) is 0 Å². The van der Waals surface area contributed by atoms with Gasteiger partial charge in [-0.3, -0.25) is 14.4 Å². The van der Waals surface area contributed by atoms with Gasteiger partial charge in [0.25, 0.3) is 0 Å². The van der Waals surface area contributed by atoms with Gasteiger partial charge in [0.1, 0.15) is 17.3 Å². The van der Waals surface area contributed by atoms with E-state index < -0.39 is 11.7 Å². The van der Waals surface area contributed by atoms with Gasteiger partial charge in [-0.25, -0.2) is 0 Å². The third-order valence-corrected chi connectivity index (χ3v) is 4.54. The zero-order valence-electron chi connectivity index (χ0n) is 10.9. The maximum absolute atomic E-state index is 12.1. The largest absolute Gasteiger partial charge is 0.347 e. The molecule has 0 aromatic rings. The predicted octanol–water partition coefficient (Wildman–Crippen LogP) is 1.04. The summed E-state index contributed by atoms with van der Waals surface area (Å²) in [7, 11) is 0. The Morgan fingerprint density at radius 1 is 0.895 bits per heavy atom. The highest BCUT2D eigenvalue weighted by Crippen LogP contribution is 2.45. The number of carbonyl (C=O) groups excluding carboxylic acids is 3. The van der Waals surface area contributed by atoms with Crippen molar-refractivity contribution in [1.82, 2.24) is 0 Å². The molecule has 2 saturated carbocycles. The minimum atomic E-state index is -0.800. The summed E-state index contributed by atoms with van der Waals surface area (Å²) in [6, 6.07) is 0. The molecule has 2 unspecified atom stereocenters. The summed E-state index contributed by atoms with van der Waals surface area (Å²) in [6.45, 7) is 0.999. The van der Waals surface area contributed by atoms with Crippen LogP contribution in [0.15, 0.2) is 0 Å². The van der Waals surface area contributed by atoms with Crippen LogP contribution in [0.2, 0.25) is 0 Å². The summed E-state index contributed by atoms with van der Waals surface area (Å²) in [5.41, 5.74) is 0. The maximum atomic E-state index is 12.1. The summed E-state index contributed by atoms with van der Waals surface area (Å²) >= 11 is 0. The molecule has 1 spiro atoms. The lowest BCUT2D eigenvalue weighted by Crippen LogP contribution is -2.50. The van der Waals surface area contributed by atoms with E-state index >= 15 is 0 Å². The molecule has 2 aliphatic carbocycles. The lowest BCUT2D eigenvalue weighted by molar-refractivity contribution is -0.222. The van der Waals surface area contributed by atoms with Crippen molar-refractivity contribution >= 4 is 17.3 Å². The second-order valence-electron chi connectivity index (χ2n) is 5.67. The highest BCUT2D eigenvalue weighted by Gasteiger charge is 2.53. The molecule has 1 heterocycles. The Kier molecular flexibility index (Phi) is 3.27. The molecule has 0 aromatic heterocycles. The van der Waals surface area contributed by atoms with Crippen molar-refractivity contribution in [3.05, 3.63) is 0 Å². The van der Waals surface area contributed by atoms with Gasteiger partial charge >= 0.3 is 0 Å². The SMILES string of the molecule is O=C1CCC(=O)C(C2CC(=O)CCC23OCCO3)C1. The van der Waals surface area contributed by atoms with Gasteiger partial charge in [-0.1, -0.05) is 0 Å². The van der Waals surface area contributed by atoms with E-state index in [1.54, 1.807) is 0 Å². The first-order chi connectivity index (χ1) is 9.11. The fourth-order valence-electron chi connectivity index (χ4n) is 3.56. The molecule has 0 aromatic carbocycles. The summed E-state index contributed by atoms with van der Waals surface area (Å²) in [5, 5.41) is 0. The second kappa shape index (κ2) is 4.80. The Hall–Kier alpha value is -1.07. The van der Waals surface area contributed by atoms with Crippen LogP contribution < -0.4 is 0 Å². The molecule has 2 atom stereocenters. The molecule has 0 amide bonds. The second-order valence-corrected chi connectivity index (χ2v) is 5.67. The minimum Gasteiger partial charge on any atom is -0.347 e. The third kappa shape index (κ3) is 2.25. The number of Topliss-reactive ketones (excluding diaryl/α,β-unsaturated/α-hetero) is 3. The van der Waals surface area contributed by atoms with Gasteiger partial charge in [-0.05, 0) is 0 Å². The first-order valence-electron chi connectivity index (χ1n) is 6.95. The van der Waals surface area contributed by atoms with Crippen LogP contribution >= 0.6 is 0 Å². The Balaban J connectivity index is 1.87. The van der Waals surface area contributed by atoms with Gasteiger partial charge in [0.15, 0.2) is 5.79 Å². The van der Waals surface area contributed by atoms with Crippen LogP contribution in [-0.4, -0.2) is 36.4 Å². The van der Waals surface area contributed by atoms with E-state index in [0.717, 1.165) is 0 Å². The molecule has 104 valence electrons. The van der Waals surface area contributed by atoms with Gasteiger partial charge < -0.3 is 9.47 Å². The van der Waals surface area contributed by atoms with E-state index in [4.69, 9.17) is 9.47 Å². The zero-order chi connectivity index (χ0) is 13.5. The van der Waals surface area contributed by atoms with Crippen molar-refractivity contribution in [2.24, 2.45) is 11.8 Å². The van der Waals surface area contributed by atoms with Gasteiger partial charge in [-0.15, -0.1) is 0 Å². The molecule has 5 heteroatoms. The van der Waals surface area contributed by atoms with Crippen molar-refractivity contribution in [1.29, 1.82) is 0 Å². The van der Waals surface area contributed by atoms with E-state index in [0.29, 0.717) is 45.3 Å². The summed E-state index contributed by atoms with van der Waals surface area (Å²) in [4.78, 5) is 35.5. The van der Waals surface area contributed by atoms with E-state index in [1.165, 1.54) is 0 Å². The number of rotatable bonds is 1. The third-order valence-electron chi connectivity index (χ3n) is 4.54. The Morgan fingerprint density at radius 2 is 1.58 bits per heavy atom. The standard InChI is InChI=1S/C14H18O5/c15-9-1-2-13(17)11(7-9)12-8-10(16)3-4-14(12)18-5-6-19-14/h11-12H,1-8H2. The van der Waals surface area contributed by atoms with E-state index in [2.05, 4.69) is 0 Å². The number of ketones is 3. The molecule has 1 saturated heterocycles. The van der Waals surface area contributed by atoms with Crippen LogP contribution in [0.3, 0.4) is 0 Å². The Labute approximate surface area is 111 Å². The quantitative estimate of drug-likeness (QED) is 0.709. The summed E-state index contributed by atoms with van der Waals surface area (Å²) in [6.07, 6.45) is 2.11. The molecular weight excluding hydrogens is 248 g/mol. The van der Waals surface area contributed by atoms with Crippen molar-refractivity contribution in [2.75, 3.05) is 13.2 Å². The monoisotopic (exact) mass is 266 g/mol. The molecular formula is C14H18O5. The van der Waals surface area contributed by atoms with Crippen LogP contribution in [0.25, 0.3) is 0 Å². The van der Waals surface area contributed by atoms with Crippen LogP contribution in [-0.2, 0) is 23.9 Å². The minimum absolute atomic E-state index is 0.0813. The first-order valence-corrected chi connectivity index (χ1v) is 6.95. The van der Waals surface area contributed by atoms with Crippen LogP contribution in [0.4, 0.5) is 0 Å².